The molecule has 0 spiro atoms. The molecule has 0 saturated heterocycles. The summed E-state index contributed by atoms with van der Waals surface area (Å²) in [7, 11) is 1.70. The van der Waals surface area contributed by atoms with Gasteiger partial charge < -0.3 is 4.74 Å². The molecule has 0 atom stereocenters. The van der Waals surface area contributed by atoms with Crippen molar-refractivity contribution in [2.24, 2.45) is 0 Å². The van der Waals surface area contributed by atoms with Crippen LogP contribution >= 0.6 is 0 Å². The van der Waals surface area contributed by atoms with Crippen molar-refractivity contribution >= 4 is 0 Å². The van der Waals surface area contributed by atoms with Gasteiger partial charge in [0.2, 0.25) is 0 Å². The van der Waals surface area contributed by atoms with E-state index >= 15 is 0 Å². The molecule has 1 heterocycles. The van der Waals surface area contributed by atoms with E-state index in [2.05, 4.69) is 16.0 Å². The van der Waals surface area contributed by atoms with E-state index in [9.17, 15) is 0 Å². The second-order valence-electron chi connectivity index (χ2n) is 3.66. The Kier molecular flexibility index (Phi) is 2.64. The van der Waals surface area contributed by atoms with Crippen LogP contribution in [0.25, 0.3) is 0 Å². The van der Waals surface area contributed by atoms with Gasteiger partial charge in [-0.05, 0) is 18.9 Å². The molecule has 13 heavy (non-hydrogen) atoms. The lowest BCUT2D eigenvalue weighted by atomic mass is 10.3. The molecule has 0 radical (unpaired) electrons. The quantitative estimate of drug-likeness (QED) is 0.712. The van der Waals surface area contributed by atoms with Crippen LogP contribution < -0.4 is 0 Å². The zero-order valence-corrected chi connectivity index (χ0v) is 8.07. The van der Waals surface area contributed by atoms with Crippen LogP contribution in [0.15, 0.2) is 12.3 Å². The Balaban J connectivity index is 2.03. The van der Waals surface area contributed by atoms with Crippen molar-refractivity contribution in [1.29, 1.82) is 0 Å². The number of hydrogen-bond acceptors (Lipinski definition) is 2. The zero-order chi connectivity index (χ0) is 9.10. The summed E-state index contributed by atoms with van der Waals surface area (Å²) in [5, 5.41) is 4.47. The van der Waals surface area contributed by atoms with Gasteiger partial charge in [-0.3, -0.25) is 4.68 Å². The number of nitrogens with zero attached hydrogens (tertiary/aromatic N) is 2. The molecule has 72 valence electrons. The van der Waals surface area contributed by atoms with Gasteiger partial charge in [0.05, 0.1) is 18.3 Å². The van der Waals surface area contributed by atoms with Gasteiger partial charge in [-0.25, -0.2) is 0 Å². The molecule has 3 heteroatoms. The van der Waals surface area contributed by atoms with Crippen molar-refractivity contribution in [2.45, 2.75) is 38.3 Å². The second kappa shape index (κ2) is 3.92. The van der Waals surface area contributed by atoms with Crippen molar-refractivity contribution in [2.75, 3.05) is 7.11 Å². The summed E-state index contributed by atoms with van der Waals surface area (Å²) in [5.41, 5.74) is 1.04. The topological polar surface area (TPSA) is 27.1 Å². The number of aromatic nitrogens is 2. The van der Waals surface area contributed by atoms with Gasteiger partial charge in [0, 0.05) is 13.3 Å². The predicted octanol–water partition coefficient (Wildman–Crippen LogP) is 2.14. The number of ether oxygens (including phenoxy) is 1. The van der Waals surface area contributed by atoms with Crippen LogP contribution in [0.4, 0.5) is 0 Å². The van der Waals surface area contributed by atoms with E-state index in [1.54, 1.807) is 7.11 Å². The minimum absolute atomic E-state index is 0.625. The van der Waals surface area contributed by atoms with Crippen LogP contribution in [0.2, 0.25) is 0 Å². The van der Waals surface area contributed by atoms with E-state index in [-0.39, 0.29) is 0 Å². The third kappa shape index (κ3) is 1.91. The van der Waals surface area contributed by atoms with E-state index in [4.69, 9.17) is 4.74 Å². The van der Waals surface area contributed by atoms with Crippen LogP contribution in [0.5, 0.6) is 0 Å². The number of methoxy groups -OCH3 is 1. The molecule has 3 nitrogen and oxygen atoms in total. The fourth-order valence-corrected chi connectivity index (χ4v) is 1.97. The van der Waals surface area contributed by atoms with E-state index in [0.29, 0.717) is 12.6 Å². The van der Waals surface area contributed by atoms with Crippen LogP contribution in [-0.4, -0.2) is 16.9 Å². The highest BCUT2D eigenvalue weighted by Gasteiger charge is 2.17. The third-order valence-electron chi connectivity index (χ3n) is 2.65. The molecule has 1 fully saturated rings. The molecule has 0 N–H and O–H groups in total. The lowest BCUT2D eigenvalue weighted by molar-refractivity contribution is 0.180. The Morgan fingerprint density at radius 2 is 2.31 bits per heavy atom. The SMILES string of the molecule is COCc1ccn(C2CCCC2)n1. The van der Waals surface area contributed by atoms with Gasteiger partial charge in [-0.1, -0.05) is 12.8 Å². The molecule has 2 rings (SSSR count). The average molecular weight is 180 g/mol. The molecule has 1 aliphatic carbocycles. The van der Waals surface area contributed by atoms with Gasteiger partial charge >= 0.3 is 0 Å². The van der Waals surface area contributed by atoms with E-state index in [0.717, 1.165) is 5.69 Å². The van der Waals surface area contributed by atoms with Crippen molar-refractivity contribution in [3.63, 3.8) is 0 Å². The lowest BCUT2D eigenvalue weighted by Gasteiger charge is -2.08. The minimum atomic E-state index is 0.625. The molecular weight excluding hydrogens is 164 g/mol. The monoisotopic (exact) mass is 180 g/mol. The van der Waals surface area contributed by atoms with Crippen LogP contribution in [0.3, 0.4) is 0 Å². The van der Waals surface area contributed by atoms with Gasteiger partial charge in [0.15, 0.2) is 0 Å². The molecule has 0 aliphatic heterocycles. The van der Waals surface area contributed by atoms with Crippen molar-refractivity contribution < 1.29 is 4.74 Å². The standard InChI is InChI=1S/C10H16N2O/c1-13-8-9-6-7-12(11-9)10-4-2-3-5-10/h6-7,10H,2-5,8H2,1H3. The normalized spacial score (nSPS) is 18.2. The summed E-state index contributed by atoms with van der Waals surface area (Å²) in [6, 6.07) is 2.69. The highest BCUT2D eigenvalue weighted by Crippen LogP contribution is 2.28. The molecule has 0 aromatic carbocycles. The highest BCUT2D eigenvalue weighted by atomic mass is 16.5. The highest BCUT2D eigenvalue weighted by molar-refractivity contribution is 4.98. The molecule has 1 aromatic rings. The Morgan fingerprint density at radius 1 is 1.54 bits per heavy atom. The number of hydrogen-bond donors (Lipinski definition) is 0. The first-order valence-electron chi connectivity index (χ1n) is 4.93. The largest absolute Gasteiger partial charge is 0.378 e. The van der Waals surface area contributed by atoms with E-state index < -0.39 is 0 Å². The van der Waals surface area contributed by atoms with Crippen LogP contribution in [0, 0.1) is 0 Å². The predicted molar refractivity (Wildman–Crippen MR) is 50.4 cm³/mol. The first-order valence-corrected chi connectivity index (χ1v) is 4.93. The molecule has 1 aliphatic rings. The summed E-state index contributed by atoms with van der Waals surface area (Å²) in [5.74, 6) is 0. The van der Waals surface area contributed by atoms with E-state index in [1.807, 2.05) is 6.07 Å². The maximum Gasteiger partial charge on any atom is 0.0902 e. The summed E-state index contributed by atoms with van der Waals surface area (Å²) < 4.78 is 7.13. The Hall–Kier alpha value is -0.830. The third-order valence-corrected chi connectivity index (χ3v) is 2.65. The molecular formula is C10H16N2O. The Bertz CT molecular complexity index is 264. The lowest BCUT2D eigenvalue weighted by Crippen LogP contribution is -2.05. The fraction of sp³-hybridized carbons (Fsp3) is 0.700. The molecule has 0 bridgehead atoms. The van der Waals surface area contributed by atoms with Gasteiger partial charge in [-0.15, -0.1) is 0 Å². The average Bonchev–Trinajstić information content (AvgIpc) is 2.70. The number of rotatable bonds is 3. The maximum atomic E-state index is 5.03. The van der Waals surface area contributed by atoms with Crippen molar-refractivity contribution in [3.05, 3.63) is 18.0 Å². The first-order chi connectivity index (χ1) is 6.40. The smallest absolute Gasteiger partial charge is 0.0902 e. The van der Waals surface area contributed by atoms with Gasteiger partial charge in [-0.2, -0.15) is 5.10 Å². The van der Waals surface area contributed by atoms with Crippen LogP contribution in [-0.2, 0) is 11.3 Å². The van der Waals surface area contributed by atoms with Gasteiger partial charge in [0.25, 0.3) is 0 Å². The van der Waals surface area contributed by atoms with Crippen molar-refractivity contribution in [3.8, 4) is 0 Å². The summed E-state index contributed by atoms with van der Waals surface area (Å²) in [6.07, 6.45) is 7.35. The summed E-state index contributed by atoms with van der Waals surface area (Å²) in [4.78, 5) is 0. The Morgan fingerprint density at radius 3 is 3.00 bits per heavy atom. The summed E-state index contributed by atoms with van der Waals surface area (Å²) >= 11 is 0. The summed E-state index contributed by atoms with van der Waals surface area (Å²) in [6.45, 7) is 0.625. The minimum Gasteiger partial charge on any atom is -0.378 e. The molecule has 1 aromatic heterocycles. The maximum absolute atomic E-state index is 5.03. The molecule has 0 amide bonds. The second-order valence-corrected chi connectivity index (χ2v) is 3.66. The van der Waals surface area contributed by atoms with Crippen LogP contribution in [0.1, 0.15) is 37.4 Å². The molecule has 0 unspecified atom stereocenters. The Labute approximate surface area is 78.7 Å². The fourth-order valence-electron chi connectivity index (χ4n) is 1.97. The zero-order valence-electron chi connectivity index (χ0n) is 8.07. The molecule has 1 saturated carbocycles. The first kappa shape index (κ1) is 8.75. The van der Waals surface area contributed by atoms with Crippen molar-refractivity contribution in [1.82, 2.24) is 9.78 Å². The van der Waals surface area contributed by atoms with Gasteiger partial charge in [0.1, 0.15) is 0 Å². The van der Waals surface area contributed by atoms with E-state index in [1.165, 1.54) is 25.7 Å².